The van der Waals surface area contributed by atoms with Crippen LogP contribution < -0.4 is 10.2 Å². The van der Waals surface area contributed by atoms with Crippen molar-refractivity contribution in [2.45, 2.75) is 26.3 Å². The van der Waals surface area contributed by atoms with Gasteiger partial charge in [-0.05, 0) is 20.3 Å². The first-order chi connectivity index (χ1) is 8.91. The second-order valence-electron chi connectivity index (χ2n) is 4.89. The average Bonchev–Trinajstić information content (AvgIpc) is 2.68. The smallest absolute Gasteiger partial charge is 0.224 e. The maximum absolute atomic E-state index is 11.5. The molecule has 0 spiro atoms. The molecule has 2 rings (SSSR count). The van der Waals surface area contributed by atoms with E-state index < -0.39 is 9.84 Å². The zero-order chi connectivity index (χ0) is 14.0. The van der Waals surface area contributed by atoms with Gasteiger partial charge in [0.25, 0.3) is 0 Å². The van der Waals surface area contributed by atoms with E-state index in [0.29, 0.717) is 12.4 Å². The molecule has 0 saturated carbocycles. The molecule has 0 bridgehead atoms. The lowest BCUT2D eigenvalue weighted by Crippen LogP contribution is -2.33. The summed E-state index contributed by atoms with van der Waals surface area (Å²) in [6.07, 6.45) is 0.665. The zero-order valence-corrected chi connectivity index (χ0v) is 12.4. The fourth-order valence-corrected chi connectivity index (χ4v) is 4.01. The summed E-state index contributed by atoms with van der Waals surface area (Å²) in [6.45, 7) is 4.65. The summed E-state index contributed by atoms with van der Waals surface area (Å²) in [6, 6.07) is 1.89. The molecule has 1 unspecified atom stereocenters. The van der Waals surface area contributed by atoms with Gasteiger partial charge in [-0.25, -0.2) is 13.4 Å². The van der Waals surface area contributed by atoms with Gasteiger partial charge >= 0.3 is 0 Å². The summed E-state index contributed by atoms with van der Waals surface area (Å²) in [5.74, 6) is 1.84. The number of anilines is 2. The Balaban J connectivity index is 2.21. The fraction of sp³-hybridized carbons (Fsp3) is 0.667. The first kappa shape index (κ1) is 14.0. The second-order valence-corrected chi connectivity index (χ2v) is 7.12. The molecule has 19 heavy (non-hydrogen) atoms. The molecule has 0 aromatic carbocycles. The topological polar surface area (TPSA) is 75.2 Å². The summed E-state index contributed by atoms with van der Waals surface area (Å²) in [5, 5.41) is 3.08. The van der Waals surface area contributed by atoms with Gasteiger partial charge in [0.1, 0.15) is 5.82 Å². The Kier molecular flexibility index (Phi) is 3.93. The standard InChI is InChI=1S/C12H20N4O2S/c1-4-13-12-14-9(2)7-11(15-12)16(3)10-5-6-19(17,18)8-10/h7,10H,4-6,8H2,1-3H3,(H,13,14,15). The molecule has 0 radical (unpaired) electrons. The summed E-state index contributed by atoms with van der Waals surface area (Å²) >= 11 is 0. The van der Waals surface area contributed by atoms with E-state index in [0.717, 1.165) is 18.1 Å². The molecule has 0 amide bonds. The van der Waals surface area contributed by atoms with Crippen molar-refractivity contribution in [2.24, 2.45) is 0 Å². The Morgan fingerprint density at radius 3 is 2.79 bits per heavy atom. The molecule has 2 heterocycles. The minimum atomic E-state index is -2.88. The highest BCUT2D eigenvalue weighted by atomic mass is 32.2. The van der Waals surface area contributed by atoms with Crippen molar-refractivity contribution in [3.63, 3.8) is 0 Å². The maximum atomic E-state index is 11.5. The second kappa shape index (κ2) is 5.32. The zero-order valence-electron chi connectivity index (χ0n) is 11.5. The third-order valence-electron chi connectivity index (χ3n) is 3.29. The first-order valence-electron chi connectivity index (χ1n) is 6.44. The molecule has 1 aromatic heterocycles. The monoisotopic (exact) mass is 284 g/mol. The lowest BCUT2D eigenvalue weighted by atomic mass is 10.2. The molecule has 6 nitrogen and oxygen atoms in total. The predicted octanol–water partition coefficient (Wildman–Crippen LogP) is 0.840. The molecular weight excluding hydrogens is 264 g/mol. The van der Waals surface area contributed by atoms with Gasteiger partial charge in [0.05, 0.1) is 11.5 Å². The number of sulfone groups is 1. The largest absolute Gasteiger partial charge is 0.355 e. The summed E-state index contributed by atoms with van der Waals surface area (Å²) < 4.78 is 23.1. The van der Waals surface area contributed by atoms with E-state index in [4.69, 9.17) is 0 Å². The maximum Gasteiger partial charge on any atom is 0.224 e. The highest BCUT2D eigenvalue weighted by molar-refractivity contribution is 7.91. The van der Waals surface area contributed by atoms with Crippen LogP contribution in [-0.4, -0.2) is 49.5 Å². The lowest BCUT2D eigenvalue weighted by molar-refractivity contribution is 0.600. The van der Waals surface area contributed by atoms with Gasteiger partial charge in [-0.15, -0.1) is 0 Å². The molecule has 1 aromatic rings. The molecule has 1 atom stereocenters. The first-order valence-corrected chi connectivity index (χ1v) is 8.26. The van der Waals surface area contributed by atoms with E-state index in [2.05, 4.69) is 15.3 Å². The quantitative estimate of drug-likeness (QED) is 0.883. The molecular formula is C12H20N4O2S. The molecule has 106 valence electrons. The summed E-state index contributed by atoms with van der Waals surface area (Å²) in [4.78, 5) is 10.7. The van der Waals surface area contributed by atoms with E-state index in [1.807, 2.05) is 31.9 Å². The number of rotatable bonds is 4. The van der Waals surface area contributed by atoms with Crippen LogP contribution in [0.3, 0.4) is 0 Å². The average molecular weight is 284 g/mol. The third-order valence-corrected chi connectivity index (χ3v) is 5.04. The van der Waals surface area contributed by atoms with E-state index in [1.165, 1.54) is 0 Å². The van der Waals surface area contributed by atoms with Gasteiger partial charge in [-0.2, -0.15) is 4.98 Å². The van der Waals surface area contributed by atoms with Crippen LogP contribution in [0.15, 0.2) is 6.07 Å². The molecule has 1 aliphatic rings. The molecule has 1 saturated heterocycles. The van der Waals surface area contributed by atoms with Crippen LogP contribution in [0.5, 0.6) is 0 Å². The van der Waals surface area contributed by atoms with Crippen molar-refractivity contribution in [3.8, 4) is 0 Å². The number of aromatic nitrogens is 2. The lowest BCUT2D eigenvalue weighted by Gasteiger charge is -2.25. The Morgan fingerprint density at radius 2 is 2.21 bits per heavy atom. The van der Waals surface area contributed by atoms with Gasteiger partial charge in [-0.3, -0.25) is 0 Å². The van der Waals surface area contributed by atoms with Gasteiger partial charge in [-0.1, -0.05) is 0 Å². The Morgan fingerprint density at radius 1 is 1.47 bits per heavy atom. The van der Waals surface area contributed by atoms with E-state index in [1.54, 1.807) is 0 Å². The summed E-state index contributed by atoms with van der Waals surface area (Å²) in [7, 11) is -0.988. The highest BCUT2D eigenvalue weighted by Gasteiger charge is 2.31. The number of nitrogens with one attached hydrogen (secondary N) is 1. The molecule has 1 aliphatic heterocycles. The highest BCUT2D eigenvalue weighted by Crippen LogP contribution is 2.22. The van der Waals surface area contributed by atoms with Crippen molar-refractivity contribution in [2.75, 3.05) is 35.3 Å². The van der Waals surface area contributed by atoms with Crippen molar-refractivity contribution < 1.29 is 8.42 Å². The molecule has 1 fully saturated rings. The Labute approximate surface area is 114 Å². The minimum Gasteiger partial charge on any atom is -0.355 e. The summed E-state index contributed by atoms with van der Waals surface area (Å²) in [5.41, 5.74) is 0.869. The van der Waals surface area contributed by atoms with Gasteiger partial charge in [0.15, 0.2) is 9.84 Å². The van der Waals surface area contributed by atoms with Crippen LogP contribution in [0.25, 0.3) is 0 Å². The number of hydrogen-bond acceptors (Lipinski definition) is 6. The van der Waals surface area contributed by atoms with E-state index in [9.17, 15) is 8.42 Å². The van der Waals surface area contributed by atoms with Gasteiger partial charge in [0, 0.05) is 31.4 Å². The van der Waals surface area contributed by atoms with Crippen LogP contribution in [-0.2, 0) is 9.84 Å². The molecule has 1 N–H and O–H groups in total. The van der Waals surface area contributed by atoms with Crippen LogP contribution >= 0.6 is 0 Å². The predicted molar refractivity (Wildman–Crippen MR) is 76.4 cm³/mol. The molecule has 7 heteroatoms. The third kappa shape index (κ3) is 3.34. The minimum absolute atomic E-state index is 0.00813. The van der Waals surface area contributed by atoms with Crippen molar-refractivity contribution in [1.82, 2.24) is 9.97 Å². The van der Waals surface area contributed by atoms with E-state index >= 15 is 0 Å². The van der Waals surface area contributed by atoms with Crippen molar-refractivity contribution in [1.29, 1.82) is 0 Å². The van der Waals surface area contributed by atoms with Crippen LogP contribution in [0.1, 0.15) is 19.0 Å². The van der Waals surface area contributed by atoms with Crippen LogP contribution in [0, 0.1) is 6.92 Å². The van der Waals surface area contributed by atoms with Crippen molar-refractivity contribution >= 4 is 21.6 Å². The fourth-order valence-electron chi connectivity index (χ4n) is 2.24. The van der Waals surface area contributed by atoms with Crippen LogP contribution in [0.4, 0.5) is 11.8 Å². The van der Waals surface area contributed by atoms with Gasteiger partial charge < -0.3 is 10.2 Å². The SMILES string of the molecule is CCNc1nc(C)cc(N(C)C2CCS(=O)(=O)C2)n1. The number of hydrogen-bond donors (Lipinski definition) is 1. The van der Waals surface area contributed by atoms with E-state index in [-0.39, 0.29) is 17.5 Å². The Hall–Kier alpha value is -1.37. The van der Waals surface area contributed by atoms with Crippen LogP contribution in [0.2, 0.25) is 0 Å². The number of aryl methyl sites for hydroxylation is 1. The normalized spacial score (nSPS) is 21.3. The Bertz CT molecular complexity index is 559. The number of nitrogens with zero attached hydrogens (tertiary/aromatic N) is 3. The van der Waals surface area contributed by atoms with Crippen molar-refractivity contribution in [3.05, 3.63) is 11.8 Å². The molecule has 0 aliphatic carbocycles. The van der Waals surface area contributed by atoms with Gasteiger partial charge in [0.2, 0.25) is 5.95 Å².